The van der Waals surface area contributed by atoms with Crippen LogP contribution < -0.4 is 4.74 Å². The fourth-order valence-electron chi connectivity index (χ4n) is 2.43. The molecule has 0 radical (unpaired) electrons. The summed E-state index contributed by atoms with van der Waals surface area (Å²) >= 11 is 0. The summed E-state index contributed by atoms with van der Waals surface area (Å²) in [5.41, 5.74) is 0.286. The zero-order chi connectivity index (χ0) is 14.0. The second kappa shape index (κ2) is 5.19. The molecule has 1 aromatic rings. The van der Waals surface area contributed by atoms with Crippen molar-refractivity contribution >= 4 is 5.97 Å². The normalized spacial score (nSPS) is 26.2. The van der Waals surface area contributed by atoms with Gasteiger partial charge in [0, 0.05) is 12.0 Å². The van der Waals surface area contributed by atoms with Crippen LogP contribution in [0.25, 0.3) is 0 Å². The van der Waals surface area contributed by atoms with E-state index < -0.39 is 17.7 Å². The summed E-state index contributed by atoms with van der Waals surface area (Å²) in [6.45, 7) is 2.02. The first-order valence-electron chi connectivity index (χ1n) is 6.09. The largest absolute Gasteiger partial charge is 0.496 e. The Hall–Kier alpha value is -1.59. The lowest BCUT2D eigenvalue weighted by molar-refractivity contribution is -0.165. The molecule has 0 unspecified atom stereocenters. The second-order valence-electron chi connectivity index (χ2n) is 4.69. The summed E-state index contributed by atoms with van der Waals surface area (Å²) in [7, 11) is 2.84. The molecule has 1 aliphatic rings. The van der Waals surface area contributed by atoms with Gasteiger partial charge >= 0.3 is 5.97 Å². The van der Waals surface area contributed by atoms with E-state index in [1.165, 1.54) is 14.2 Å². The van der Waals surface area contributed by atoms with E-state index in [9.17, 15) is 9.90 Å². The van der Waals surface area contributed by atoms with E-state index in [0.717, 1.165) is 5.56 Å². The molecule has 0 amide bonds. The third kappa shape index (κ3) is 2.31. The number of aliphatic hydroxyl groups is 1. The number of benzene rings is 1. The lowest BCUT2D eigenvalue weighted by atomic mass is 9.88. The van der Waals surface area contributed by atoms with Crippen molar-refractivity contribution in [1.29, 1.82) is 0 Å². The zero-order valence-corrected chi connectivity index (χ0v) is 11.3. The van der Waals surface area contributed by atoms with Crippen LogP contribution >= 0.6 is 0 Å². The van der Waals surface area contributed by atoms with E-state index in [1.54, 1.807) is 6.07 Å². The van der Waals surface area contributed by atoms with E-state index in [-0.39, 0.29) is 13.0 Å². The molecule has 1 saturated heterocycles. The van der Waals surface area contributed by atoms with Crippen LogP contribution in [0, 0.1) is 6.92 Å². The number of esters is 1. The summed E-state index contributed by atoms with van der Waals surface area (Å²) in [5, 5.41) is 9.73. The molecule has 2 atom stereocenters. The minimum absolute atomic E-state index is 0.103. The van der Waals surface area contributed by atoms with Crippen LogP contribution in [0.4, 0.5) is 0 Å². The number of aryl methyl sites for hydroxylation is 1. The van der Waals surface area contributed by atoms with E-state index in [0.29, 0.717) is 11.3 Å². The Labute approximate surface area is 112 Å². The Kier molecular flexibility index (Phi) is 3.78. The Bertz CT molecular complexity index is 485. The smallest absolute Gasteiger partial charge is 0.343 e. The van der Waals surface area contributed by atoms with Crippen LogP contribution in [0.15, 0.2) is 18.2 Å². The molecule has 0 spiro atoms. The van der Waals surface area contributed by atoms with Gasteiger partial charge in [-0.3, -0.25) is 0 Å². The average molecular weight is 266 g/mol. The minimum atomic E-state index is -1.29. The highest BCUT2D eigenvalue weighted by atomic mass is 16.6. The van der Waals surface area contributed by atoms with Gasteiger partial charge in [0.05, 0.1) is 26.9 Å². The van der Waals surface area contributed by atoms with E-state index in [4.69, 9.17) is 14.2 Å². The number of rotatable bonds is 3. The number of carbonyl (C=O) groups excluding carboxylic acids is 1. The molecule has 1 heterocycles. The second-order valence-corrected chi connectivity index (χ2v) is 4.69. The van der Waals surface area contributed by atoms with Crippen molar-refractivity contribution in [3.05, 3.63) is 29.3 Å². The van der Waals surface area contributed by atoms with Crippen LogP contribution in [-0.2, 0) is 19.9 Å². The fourth-order valence-corrected chi connectivity index (χ4v) is 2.43. The Morgan fingerprint density at radius 1 is 1.47 bits per heavy atom. The first-order valence-corrected chi connectivity index (χ1v) is 6.09. The predicted molar refractivity (Wildman–Crippen MR) is 68.0 cm³/mol. The standard InChI is InChI=1S/C14H18O5/c1-9-4-5-12(17-2)11(6-9)14(13(16)18-3)7-10(15)8-19-14/h4-6,10,15H,7-8H2,1-3H3/t10-,14-/m1/s1. The van der Waals surface area contributed by atoms with Gasteiger partial charge in [-0.2, -0.15) is 0 Å². The third-order valence-corrected chi connectivity index (χ3v) is 3.35. The maximum absolute atomic E-state index is 12.1. The molecule has 1 fully saturated rings. The van der Waals surface area contributed by atoms with Gasteiger partial charge < -0.3 is 19.3 Å². The van der Waals surface area contributed by atoms with Gasteiger partial charge in [-0.25, -0.2) is 4.79 Å². The first-order chi connectivity index (χ1) is 9.03. The molecular formula is C14H18O5. The van der Waals surface area contributed by atoms with Crippen LogP contribution in [0.1, 0.15) is 17.5 Å². The van der Waals surface area contributed by atoms with Gasteiger partial charge in [-0.1, -0.05) is 11.6 Å². The molecule has 5 heteroatoms. The number of aliphatic hydroxyl groups excluding tert-OH is 1. The Balaban J connectivity index is 2.56. The molecule has 0 aliphatic carbocycles. The van der Waals surface area contributed by atoms with Gasteiger partial charge in [0.2, 0.25) is 0 Å². The Morgan fingerprint density at radius 2 is 2.21 bits per heavy atom. The predicted octanol–water partition coefficient (Wildman–Crippen LogP) is 1.15. The van der Waals surface area contributed by atoms with Crippen molar-refractivity contribution in [3.63, 3.8) is 0 Å². The van der Waals surface area contributed by atoms with Gasteiger partial charge in [-0.05, 0) is 19.1 Å². The highest BCUT2D eigenvalue weighted by Gasteiger charge is 2.50. The molecule has 104 valence electrons. The summed E-state index contributed by atoms with van der Waals surface area (Å²) in [4.78, 5) is 12.1. The molecule has 0 bridgehead atoms. The molecule has 5 nitrogen and oxygen atoms in total. The van der Waals surface area contributed by atoms with Crippen LogP contribution in [0.3, 0.4) is 0 Å². The lowest BCUT2D eigenvalue weighted by Gasteiger charge is -2.27. The maximum Gasteiger partial charge on any atom is 0.343 e. The number of ether oxygens (including phenoxy) is 3. The third-order valence-electron chi connectivity index (χ3n) is 3.35. The monoisotopic (exact) mass is 266 g/mol. The molecule has 2 rings (SSSR count). The number of carbonyl (C=O) groups is 1. The quantitative estimate of drug-likeness (QED) is 0.831. The summed E-state index contributed by atoms with van der Waals surface area (Å²) in [6.07, 6.45) is -0.524. The van der Waals surface area contributed by atoms with Crippen molar-refractivity contribution in [2.45, 2.75) is 25.0 Å². The number of methoxy groups -OCH3 is 2. The van der Waals surface area contributed by atoms with Gasteiger partial charge in [0.15, 0.2) is 5.60 Å². The highest BCUT2D eigenvalue weighted by molar-refractivity contribution is 5.83. The lowest BCUT2D eigenvalue weighted by Crippen LogP contribution is -2.37. The SMILES string of the molecule is COC(=O)[C@]1(c2cc(C)ccc2OC)C[C@@H](O)CO1. The van der Waals surface area contributed by atoms with Crippen molar-refractivity contribution < 1.29 is 24.1 Å². The van der Waals surface area contributed by atoms with Crippen molar-refractivity contribution in [1.82, 2.24) is 0 Å². The summed E-state index contributed by atoms with van der Waals surface area (Å²) < 4.78 is 15.7. The van der Waals surface area contributed by atoms with Crippen LogP contribution in [0.5, 0.6) is 5.75 Å². The molecule has 1 aliphatic heterocycles. The highest BCUT2D eigenvalue weighted by Crippen LogP contribution is 2.42. The van der Waals surface area contributed by atoms with Crippen molar-refractivity contribution in [2.75, 3.05) is 20.8 Å². The number of hydrogen-bond donors (Lipinski definition) is 1. The maximum atomic E-state index is 12.1. The minimum Gasteiger partial charge on any atom is -0.496 e. The molecular weight excluding hydrogens is 248 g/mol. The molecule has 1 aromatic carbocycles. The number of hydrogen-bond acceptors (Lipinski definition) is 5. The average Bonchev–Trinajstić information content (AvgIpc) is 2.81. The van der Waals surface area contributed by atoms with E-state index in [1.807, 2.05) is 19.1 Å². The van der Waals surface area contributed by atoms with Crippen LogP contribution in [0.2, 0.25) is 0 Å². The molecule has 0 saturated carbocycles. The first kappa shape index (κ1) is 13.8. The Morgan fingerprint density at radius 3 is 2.74 bits per heavy atom. The molecule has 19 heavy (non-hydrogen) atoms. The van der Waals surface area contributed by atoms with E-state index in [2.05, 4.69) is 0 Å². The van der Waals surface area contributed by atoms with E-state index >= 15 is 0 Å². The van der Waals surface area contributed by atoms with Crippen LogP contribution in [-0.4, -0.2) is 38.0 Å². The molecule has 0 aromatic heterocycles. The molecule has 1 N–H and O–H groups in total. The zero-order valence-electron chi connectivity index (χ0n) is 11.3. The van der Waals surface area contributed by atoms with Gasteiger partial charge in [-0.15, -0.1) is 0 Å². The van der Waals surface area contributed by atoms with Crippen molar-refractivity contribution in [2.24, 2.45) is 0 Å². The van der Waals surface area contributed by atoms with Gasteiger partial charge in [0.1, 0.15) is 5.75 Å². The summed E-state index contributed by atoms with van der Waals surface area (Å²) in [6, 6.07) is 5.50. The van der Waals surface area contributed by atoms with Crippen molar-refractivity contribution in [3.8, 4) is 5.75 Å². The topological polar surface area (TPSA) is 65.0 Å². The summed E-state index contributed by atoms with van der Waals surface area (Å²) in [5.74, 6) is 0.0260. The van der Waals surface area contributed by atoms with Gasteiger partial charge in [0.25, 0.3) is 0 Å². The fraction of sp³-hybridized carbons (Fsp3) is 0.500.